The third kappa shape index (κ3) is 3.04. The first kappa shape index (κ1) is 17.2. The quantitative estimate of drug-likeness (QED) is 0.693. The van der Waals surface area contributed by atoms with Crippen LogP contribution in [-0.4, -0.2) is 38.7 Å². The zero-order chi connectivity index (χ0) is 19.1. The maximum atomic E-state index is 12.2. The van der Waals surface area contributed by atoms with E-state index in [1.807, 2.05) is 35.0 Å². The molecule has 0 spiro atoms. The van der Waals surface area contributed by atoms with E-state index in [2.05, 4.69) is 0 Å². The predicted molar refractivity (Wildman–Crippen MR) is 100 cm³/mol. The molecule has 1 aliphatic heterocycles. The lowest BCUT2D eigenvalue weighted by Crippen LogP contribution is -2.22. The molecular formula is C19H14N2O5S. The van der Waals surface area contributed by atoms with Gasteiger partial charge in [0.05, 0.1) is 11.4 Å². The van der Waals surface area contributed by atoms with Crippen molar-refractivity contribution in [1.29, 1.82) is 0 Å². The lowest BCUT2D eigenvalue weighted by atomic mass is 10.1. The van der Waals surface area contributed by atoms with Crippen molar-refractivity contribution < 1.29 is 23.9 Å². The standard InChI is InChI=1S/C19H14N2O5S/c1-20-17(22)16(27-19(20)25)8-11-9-21(14-5-3-2-4-13(11)14)10-12-6-7-15(26-12)18(23)24/h2-9H,10H2,1H3,(H,23,24)/b16-8+. The Kier molecular flexibility index (Phi) is 4.12. The second-order valence-corrected chi connectivity index (χ2v) is 7.03. The number of carboxylic acids is 1. The number of likely N-dealkylation sites (N-methyl/N-ethyl adjacent to an activating group) is 1. The number of carbonyl (C=O) groups excluding carboxylic acids is 2. The maximum Gasteiger partial charge on any atom is 0.371 e. The van der Waals surface area contributed by atoms with Crippen molar-refractivity contribution in [1.82, 2.24) is 9.47 Å². The van der Waals surface area contributed by atoms with E-state index in [0.29, 0.717) is 17.2 Å². The van der Waals surface area contributed by atoms with Gasteiger partial charge in [-0.2, -0.15) is 0 Å². The van der Waals surface area contributed by atoms with Gasteiger partial charge in [-0.1, -0.05) is 18.2 Å². The fourth-order valence-electron chi connectivity index (χ4n) is 2.95. The number of para-hydroxylation sites is 1. The number of furan rings is 1. The highest BCUT2D eigenvalue weighted by Crippen LogP contribution is 2.33. The van der Waals surface area contributed by atoms with Crippen LogP contribution >= 0.6 is 11.8 Å². The molecule has 27 heavy (non-hydrogen) atoms. The van der Waals surface area contributed by atoms with Crippen LogP contribution in [-0.2, 0) is 11.3 Å². The van der Waals surface area contributed by atoms with Crippen molar-refractivity contribution in [3.63, 3.8) is 0 Å². The van der Waals surface area contributed by atoms with Gasteiger partial charge >= 0.3 is 5.97 Å². The van der Waals surface area contributed by atoms with Crippen LogP contribution < -0.4 is 0 Å². The third-order valence-corrected chi connectivity index (χ3v) is 5.25. The number of hydrogen-bond donors (Lipinski definition) is 1. The minimum absolute atomic E-state index is 0.113. The van der Waals surface area contributed by atoms with Crippen LogP contribution in [0.2, 0.25) is 0 Å². The van der Waals surface area contributed by atoms with Crippen molar-refractivity contribution in [2.24, 2.45) is 0 Å². The molecule has 1 aromatic carbocycles. The number of fused-ring (bicyclic) bond motifs is 1. The monoisotopic (exact) mass is 382 g/mol. The zero-order valence-electron chi connectivity index (χ0n) is 14.2. The fourth-order valence-corrected chi connectivity index (χ4v) is 3.77. The highest BCUT2D eigenvalue weighted by atomic mass is 32.2. The molecule has 136 valence electrons. The summed E-state index contributed by atoms with van der Waals surface area (Å²) >= 11 is 0.910. The molecule has 1 N–H and O–H groups in total. The highest BCUT2D eigenvalue weighted by molar-refractivity contribution is 8.18. The minimum atomic E-state index is -1.12. The molecule has 7 nitrogen and oxygen atoms in total. The predicted octanol–water partition coefficient (Wildman–Crippen LogP) is 3.65. The van der Waals surface area contributed by atoms with E-state index in [1.165, 1.54) is 13.1 Å². The number of amides is 2. The van der Waals surface area contributed by atoms with Gasteiger partial charge in [-0.15, -0.1) is 0 Å². The van der Waals surface area contributed by atoms with Crippen LogP contribution in [0, 0.1) is 0 Å². The molecule has 4 rings (SSSR count). The molecule has 3 aromatic rings. The lowest BCUT2D eigenvalue weighted by molar-refractivity contribution is -0.121. The molecule has 1 saturated heterocycles. The number of nitrogens with zero attached hydrogens (tertiary/aromatic N) is 2. The molecule has 0 radical (unpaired) electrons. The van der Waals surface area contributed by atoms with Crippen LogP contribution in [0.5, 0.6) is 0 Å². The normalized spacial score (nSPS) is 16.0. The van der Waals surface area contributed by atoms with E-state index in [-0.39, 0.29) is 16.9 Å². The Hall–Kier alpha value is -3.26. The Morgan fingerprint density at radius 2 is 2.00 bits per heavy atom. The molecule has 0 saturated carbocycles. The van der Waals surface area contributed by atoms with E-state index in [4.69, 9.17) is 9.52 Å². The van der Waals surface area contributed by atoms with Crippen LogP contribution in [0.25, 0.3) is 17.0 Å². The first-order valence-corrected chi connectivity index (χ1v) is 8.87. The Morgan fingerprint density at radius 3 is 2.67 bits per heavy atom. The number of carbonyl (C=O) groups is 3. The number of imide groups is 1. The summed E-state index contributed by atoms with van der Waals surface area (Å²) in [4.78, 5) is 36.3. The van der Waals surface area contributed by atoms with Gasteiger partial charge in [-0.3, -0.25) is 14.5 Å². The van der Waals surface area contributed by atoms with E-state index in [0.717, 1.165) is 33.1 Å². The average molecular weight is 382 g/mol. The maximum absolute atomic E-state index is 12.2. The number of thioether (sulfide) groups is 1. The highest BCUT2D eigenvalue weighted by Gasteiger charge is 2.32. The van der Waals surface area contributed by atoms with Gasteiger partial charge in [0, 0.05) is 29.7 Å². The number of aromatic carboxylic acids is 1. The Bertz CT molecular complexity index is 1120. The summed E-state index contributed by atoms with van der Waals surface area (Å²) in [6.07, 6.45) is 3.56. The first-order valence-electron chi connectivity index (χ1n) is 8.05. The molecule has 1 fully saturated rings. The van der Waals surface area contributed by atoms with Crippen molar-refractivity contribution in [3.8, 4) is 0 Å². The summed E-state index contributed by atoms with van der Waals surface area (Å²) in [6.45, 7) is 0.344. The largest absolute Gasteiger partial charge is 0.475 e. The molecule has 0 aliphatic carbocycles. The minimum Gasteiger partial charge on any atom is -0.475 e. The fraction of sp³-hybridized carbons (Fsp3) is 0.105. The average Bonchev–Trinajstić information content (AvgIpc) is 3.31. The van der Waals surface area contributed by atoms with Crippen LogP contribution in [0.1, 0.15) is 21.9 Å². The van der Waals surface area contributed by atoms with Crippen molar-refractivity contribution in [2.75, 3.05) is 7.05 Å². The lowest BCUT2D eigenvalue weighted by Gasteiger charge is -2.02. The molecule has 1 aliphatic rings. The molecule has 0 atom stereocenters. The molecule has 8 heteroatoms. The molecule has 0 unspecified atom stereocenters. The third-order valence-electron chi connectivity index (χ3n) is 4.29. The molecule has 2 aromatic heterocycles. The molecule has 0 bridgehead atoms. The van der Waals surface area contributed by atoms with Gasteiger partial charge in [0.2, 0.25) is 5.76 Å². The van der Waals surface area contributed by atoms with E-state index in [1.54, 1.807) is 12.1 Å². The van der Waals surface area contributed by atoms with Crippen LogP contribution in [0.3, 0.4) is 0 Å². The summed E-state index contributed by atoms with van der Waals surface area (Å²) in [6, 6.07) is 10.7. The second kappa shape index (κ2) is 6.48. The van der Waals surface area contributed by atoms with Gasteiger partial charge in [0.25, 0.3) is 11.1 Å². The van der Waals surface area contributed by atoms with Crippen molar-refractivity contribution >= 4 is 45.9 Å². The van der Waals surface area contributed by atoms with Crippen LogP contribution in [0.15, 0.2) is 51.9 Å². The van der Waals surface area contributed by atoms with Gasteiger partial charge < -0.3 is 14.1 Å². The summed E-state index contributed by atoms with van der Waals surface area (Å²) in [7, 11) is 1.46. The van der Waals surface area contributed by atoms with Gasteiger partial charge in [-0.25, -0.2) is 4.79 Å². The molecule has 2 amide bonds. The van der Waals surface area contributed by atoms with Gasteiger partial charge in [-0.05, 0) is 36.0 Å². The Balaban J connectivity index is 1.74. The van der Waals surface area contributed by atoms with Gasteiger partial charge in [0.15, 0.2) is 0 Å². The summed E-state index contributed by atoms with van der Waals surface area (Å²) in [5.74, 6) is -1.04. The van der Waals surface area contributed by atoms with Gasteiger partial charge in [0.1, 0.15) is 5.76 Å². The second-order valence-electron chi connectivity index (χ2n) is 6.04. The smallest absolute Gasteiger partial charge is 0.371 e. The molecular weight excluding hydrogens is 368 g/mol. The Labute approximate surface area is 157 Å². The van der Waals surface area contributed by atoms with E-state index >= 15 is 0 Å². The number of carboxylic acid groups (broad SMARTS) is 1. The van der Waals surface area contributed by atoms with Crippen molar-refractivity contribution in [2.45, 2.75) is 6.54 Å². The van der Waals surface area contributed by atoms with E-state index in [9.17, 15) is 14.4 Å². The number of hydrogen-bond acceptors (Lipinski definition) is 5. The SMILES string of the molecule is CN1C(=O)S/C(=C/c2cn(Cc3ccc(C(=O)O)o3)c3ccccc23)C1=O. The number of rotatable bonds is 4. The zero-order valence-corrected chi connectivity index (χ0v) is 15.0. The van der Waals surface area contributed by atoms with Crippen molar-refractivity contribution in [3.05, 3.63) is 64.6 Å². The molecule has 3 heterocycles. The summed E-state index contributed by atoms with van der Waals surface area (Å²) in [5, 5.41) is 9.62. The van der Waals surface area contributed by atoms with Crippen LogP contribution in [0.4, 0.5) is 4.79 Å². The first-order chi connectivity index (χ1) is 12.9. The Morgan fingerprint density at radius 1 is 1.22 bits per heavy atom. The van der Waals surface area contributed by atoms with E-state index < -0.39 is 5.97 Å². The topological polar surface area (TPSA) is 92.8 Å². The number of benzene rings is 1. The summed E-state index contributed by atoms with van der Waals surface area (Å²) < 4.78 is 7.26. The summed E-state index contributed by atoms with van der Waals surface area (Å²) in [5.41, 5.74) is 1.71. The number of aromatic nitrogens is 1.